The quantitative estimate of drug-likeness (QED) is 0.462. The third kappa shape index (κ3) is 3.96. The van der Waals surface area contributed by atoms with E-state index in [1.807, 2.05) is 51.1 Å². The predicted molar refractivity (Wildman–Crippen MR) is 115 cm³/mol. The molecule has 0 aliphatic heterocycles. The van der Waals surface area contributed by atoms with Crippen LogP contribution in [0.2, 0.25) is 0 Å². The zero-order valence-corrected chi connectivity index (χ0v) is 17.8. The number of hydrogen-bond donors (Lipinski definition) is 0. The molecule has 2 aromatic carbocycles. The summed E-state index contributed by atoms with van der Waals surface area (Å²) in [6.45, 7) is 6.08. The number of aromatic nitrogens is 5. The van der Waals surface area contributed by atoms with Crippen molar-refractivity contribution in [3.8, 4) is 22.7 Å². The molecule has 31 heavy (non-hydrogen) atoms. The van der Waals surface area contributed by atoms with Gasteiger partial charge < -0.3 is 4.74 Å². The maximum atomic E-state index is 13.5. The zero-order chi connectivity index (χ0) is 22.1. The Labute approximate surface area is 178 Å². The summed E-state index contributed by atoms with van der Waals surface area (Å²) in [5.41, 5.74) is 5.39. The molecule has 0 unspecified atom stereocenters. The molecule has 158 valence electrons. The van der Waals surface area contributed by atoms with E-state index < -0.39 is 5.95 Å². The lowest BCUT2D eigenvalue weighted by Crippen LogP contribution is -2.23. The summed E-state index contributed by atoms with van der Waals surface area (Å²) in [4.78, 5) is 16.3. The lowest BCUT2D eigenvalue weighted by Gasteiger charge is -2.16. The second kappa shape index (κ2) is 8.14. The van der Waals surface area contributed by atoms with Gasteiger partial charge in [0.05, 0.1) is 11.4 Å². The van der Waals surface area contributed by atoms with E-state index in [-0.39, 0.29) is 12.3 Å². The Morgan fingerprint density at radius 2 is 1.74 bits per heavy atom. The molecule has 0 spiro atoms. The van der Waals surface area contributed by atoms with Crippen LogP contribution in [0, 0.1) is 26.7 Å². The van der Waals surface area contributed by atoms with Gasteiger partial charge >= 0.3 is 5.69 Å². The molecule has 8 heteroatoms. The first-order valence-corrected chi connectivity index (χ1v) is 9.80. The summed E-state index contributed by atoms with van der Waals surface area (Å²) in [5, 5.41) is 7.75. The highest BCUT2D eigenvalue weighted by Gasteiger charge is 2.15. The minimum absolute atomic E-state index is 0.253. The van der Waals surface area contributed by atoms with Crippen molar-refractivity contribution in [1.29, 1.82) is 0 Å². The highest BCUT2D eigenvalue weighted by Crippen LogP contribution is 2.30. The van der Waals surface area contributed by atoms with Crippen molar-refractivity contribution in [2.24, 2.45) is 7.05 Å². The van der Waals surface area contributed by atoms with Crippen LogP contribution >= 0.6 is 0 Å². The van der Waals surface area contributed by atoms with E-state index in [2.05, 4.69) is 15.4 Å². The van der Waals surface area contributed by atoms with Crippen molar-refractivity contribution in [3.05, 3.63) is 87.2 Å². The largest absolute Gasteiger partial charge is 0.489 e. The van der Waals surface area contributed by atoms with E-state index >= 15 is 0 Å². The van der Waals surface area contributed by atoms with E-state index in [1.54, 1.807) is 19.2 Å². The van der Waals surface area contributed by atoms with Gasteiger partial charge in [0.1, 0.15) is 12.4 Å². The van der Waals surface area contributed by atoms with E-state index in [1.165, 1.54) is 15.4 Å². The van der Waals surface area contributed by atoms with Gasteiger partial charge in [-0.25, -0.2) is 9.78 Å². The van der Waals surface area contributed by atoms with Crippen LogP contribution in [0.4, 0.5) is 4.39 Å². The Kier molecular flexibility index (Phi) is 5.37. The first-order valence-electron chi connectivity index (χ1n) is 9.80. The van der Waals surface area contributed by atoms with Gasteiger partial charge in [0.2, 0.25) is 5.95 Å². The Morgan fingerprint density at radius 3 is 2.45 bits per heavy atom. The fourth-order valence-corrected chi connectivity index (χ4v) is 3.47. The van der Waals surface area contributed by atoms with Crippen LogP contribution in [0.25, 0.3) is 16.9 Å². The molecule has 0 amide bonds. The zero-order valence-electron chi connectivity index (χ0n) is 17.8. The van der Waals surface area contributed by atoms with E-state index in [9.17, 15) is 9.18 Å². The third-order valence-corrected chi connectivity index (χ3v) is 5.22. The smallest absolute Gasteiger partial charge is 0.368 e. The second-order valence-electron chi connectivity index (χ2n) is 7.44. The molecular weight excluding hydrogens is 397 g/mol. The standard InChI is InChI=1S/C23H22FN5O2/c1-14-7-5-9-20(29-23(30)28(4)26-27-29)18(14)13-31-21-12-15(2)17(11-16(21)3)19-8-6-10-22(24)25-19/h5-12H,13H2,1-4H3. The van der Waals surface area contributed by atoms with Gasteiger partial charge in [0, 0.05) is 18.2 Å². The number of nitrogens with zero attached hydrogens (tertiary/aromatic N) is 5. The minimum atomic E-state index is -0.513. The van der Waals surface area contributed by atoms with Gasteiger partial charge in [-0.15, -0.1) is 0 Å². The van der Waals surface area contributed by atoms with Crippen LogP contribution in [-0.4, -0.2) is 24.8 Å². The number of pyridine rings is 1. The van der Waals surface area contributed by atoms with Crippen LogP contribution in [-0.2, 0) is 13.7 Å². The predicted octanol–water partition coefficient (Wildman–Crippen LogP) is 3.67. The SMILES string of the molecule is Cc1cc(-c2cccc(F)n2)c(C)cc1OCc1c(C)cccc1-n1nnn(C)c1=O. The van der Waals surface area contributed by atoms with Crippen molar-refractivity contribution in [2.45, 2.75) is 27.4 Å². The van der Waals surface area contributed by atoms with Crippen LogP contribution in [0.15, 0.2) is 53.3 Å². The number of rotatable bonds is 5. The van der Waals surface area contributed by atoms with Crippen molar-refractivity contribution in [3.63, 3.8) is 0 Å². The molecule has 0 aliphatic carbocycles. The van der Waals surface area contributed by atoms with E-state index in [0.717, 1.165) is 27.8 Å². The number of hydrogen-bond acceptors (Lipinski definition) is 5. The van der Waals surface area contributed by atoms with Crippen molar-refractivity contribution < 1.29 is 9.13 Å². The Balaban J connectivity index is 1.66. The first kappa shape index (κ1) is 20.5. The molecule has 0 N–H and O–H groups in total. The summed E-state index contributed by atoms with van der Waals surface area (Å²) >= 11 is 0. The van der Waals surface area contributed by atoms with Crippen LogP contribution in [0.5, 0.6) is 5.75 Å². The summed E-state index contributed by atoms with van der Waals surface area (Å²) in [6, 6.07) is 14.3. The summed E-state index contributed by atoms with van der Waals surface area (Å²) in [7, 11) is 1.55. The maximum Gasteiger partial charge on any atom is 0.368 e. The molecule has 0 bridgehead atoms. The number of halogens is 1. The summed E-state index contributed by atoms with van der Waals surface area (Å²) in [5.74, 6) is 0.194. The fourth-order valence-electron chi connectivity index (χ4n) is 3.47. The van der Waals surface area contributed by atoms with E-state index in [0.29, 0.717) is 17.1 Å². The molecule has 4 aromatic rings. The number of tetrazole rings is 1. The molecule has 0 fully saturated rings. The van der Waals surface area contributed by atoms with Crippen LogP contribution in [0.3, 0.4) is 0 Å². The molecule has 0 saturated carbocycles. The van der Waals surface area contributed by atoms with Gasteiger partial charge in [0.25, 0.3) is 0 Å². The van der Waals surface area contributed by atoms with Crippen molar-refractivity contribution in [1.82, 2.24) is 24.8 Å². The number of aryl methyl sites for hydroxylation is 4. The summed E-state index contributed by atoms with van der Waals surface area (Å²) in [6.07, 6.45) is 0. The fraction of sp³-hybridized carbons (Fsp3) is 0.217. The van der Waals surface area contributed by atoms with Gasteiger partial charge in [-0.05, 0) is 78.2 Å². The van der Waals surface area contributed by atoms with Gasteiger partial charge in [-0.1, -0.05) is 18.2 Å². The molecule has 2 aromatic heterocycles. The maximum absolute atomic E-state index is 13.5. The second-order valence-corrected chi connectivity index (χ2v) is 7.44. The van der Waals surface area contributed by atoms with Gasteiger partial charge in [0.15, 0.2) is 0 Å². The highest BCUT2D eigenvalue weighted by atomic mass is 19.1. The molecule has 2 heterocycles. The molecule has 0 radical (unpaired) electrons. The monoisotopic (exact) mass is 419 g/mol. The minimum Gasteiger partial charge on any atom is -0.489 e. The van der Waals surface area contributed by atoms with Crippen LogP contribution < -0.4 is 10.4 Å². The Morgan fingerprint density at radius 1 is 0.968 bits per heavy atom. The normalized spacial score (nSPS) is 11.0. The summed E-state index contributed by atoms with van der Waals surface area (Å²) < 4.78 is 22.1. The highest BCUT2D eigenvalue weighted by molar-refractivity contribution is 5.66. The van der Waals surface area contributed by atoms with Crippen molar-refractivity contribution >= 4 is 0 Å². The lowest BCUT2D eigenvalue weighted by molar-refractivity contribution is 0.302. The lowest BCUT2D eigenvalue weighted by atomic mass is 10.0. The average Bonchev–Trinajstić information content (AvgIpc) is 3.07. The van der Waals surface area contributed by atoms with E-state index in [4.69, 9.17) is 4.74 Å². The third-order valence-electron chi connectivity index (χ3n) is 5.22. The first-order chi connectivity index (χ1) is 14.8. The topological polar surface area (TPSA) is 74.8 Å². The molecule has 0 saturated heterocycles. The number of benzene rings is 2. The number of ether oxygens (including phenoxy) is 1. The molecule has 0 aliphatic rings. The molecule has 0 atom stereocenters. The van der Waals surface area contributed by atoms with Gasteiger partial charge in [-0.3, -0.25) is 0 Å². The average molecular weight is 419 g/mol. The molecule has 7 nitrogen and oxygen atoms in total. The Hall–Kier alpha value is -3.81. The molecular formula is C23H22FN5O2. The van der Waals surface area contributed by atoms with Crippen molar-refractivity contribution in [2.75, 3.05) is 0 Å². The Bertz CT molecular complexity index is 1330. The van der Waals surface area contributed by atoms with Gasteiger partial charge in [-0.2, -0.15) is 13.8 Å². The molecule has 4 rings (SSSR count). The van der Waals surface area contributed by atoms with Crippen LogP contribution in [0.1, 0.15) is 22.3 Å².